The highest BCUT2D eigenvalue weighted by atomic mass is 16.7. The normalized spacial score (nSPS) is 11.9. The molecule has 0 aromatic heterocycles. The van der Waals surface area contributed by atoms with Gasteiger partial charge in [-0.1, -0.05) is 0 Å². The van der Waals surface area contributed by atoms with Crippen LogP contribution in [0.5, 0.6) is 23.0 Å². The van der Waals surface area contributed by atoms with Crippen molar-refractivity contribution >= 4 is 17.5 Å². The molecular formula is C15H12N2O7. The van der Waals surface area contributed by atoms with Crippen molar-refractivity contribution in [1.29, 1.82) is 0 Å². The quantitative estimate of drug-likeness (QED) is 0.675. The maximum Gasteiger partial charge on any atom is 0.411 e. The fourth-order valence-electron chi connectivity index (χ4n) is 2.17. The van der Waals surface area contributed by atoms with Crippen molar-refractivity contribution in [2.75, 3.05) is 18.7 Å². The monoisotopic (exact) mass is 332 g/mol. The molecule has 0 spiro atoms. The van der Waals surface area contributed by atoms with Gasteiger partial charge in [-0.25, -0.2) is 4.79 Å². The van der Waals surface area contributed by atoms with Gasteiger partial charge in [-0.05, 0) is 18.2 Å². The number of hydrogen-bond donors (Lipinski definition) is 1. The third-order valence-corrected chi connectivity index (χ3v) is 3.37. The van der Waals surface area contributed by atoms with Crippen LogP contribution in [0.15, 0.2) is 36.4 Å². The minimum absolute atomic E-state index is 0.0919. The maximum atomic E-state index is 11.1. The second-order valence-electron chi connectivity index (χ2n) is 4.87. The molecule has 0 fully saturated rings. The van der Waals surface area contributed by atoms with Gasteiger partial charge in [0, 0.05) is 25.2 Å². The Balaban J connectivity index is 1.92. The highest BCUT2D eigenvalue weighted by Gasteiger charge is 2.22. The van der Waals surface area contributed by atoms with E-state index in [1.807, 2.05) is 0 Å². The third kappa shape index (κ3) is 2.86. The van der Waals surface area contributed by atoms with Crippen molar-refractivity contribution in [2.45, 2.75) is 0 Å². The van der Waals surface area contributed by atoms with E-state index in [9.17, 15) is 14.9 Å². The molecule has 0 bridgehead atoms. The van der Waals surface area contributed by atoms with Gasteiger partial charge < -0.3 is 19.3 Å². The number of nitro benzene ring substituents is 1. The molecule has 9 heteroatoms. The van der Waals surface area contributed by atoms with Crippen LogP contribution >= 0.6 is 0 Å². The fourth-order valence-corrected chi connectivity index (χ4v) is 2.17. The first-order chi connectivity index (χ1) is 11.5. The van der Waals surface area contributed by atoms with Crippen LogP contribution in [-0.2, 0) is 0 Å². The summed E-state index contributed by atoms with van der Waals surface area (Å²) in [4.78, 5) is 22.3. The van der Waals surface area contributed by atoms with E-state index in [0.29, 0.717) is 17.2 Å². The van der Waals surface area contributed by atoms with E-state index in [4.69, 9.17) is 19.3 Å². The van der Waals surface area contributed by atoms with Gasteiger partial charge in [-0.15, -0.1) is 0 Å². The summed E-state index contributed by atoms with van der Waals surface area (Å²) in [6, 6.07) is 8.81. The summed E-state index contributed by atoms with van der Waals surface area (Å²) in [5, 5.41) is 20.1. The molecule has 1 amide bonds. The van der Waals surface area contributed by atoms with Gasteiger partial charge >= 0.3 is 6.09 Å². The molecule has 0 aliphatic carbocycles. The average Bonchev–Trinajstić information content (AvgIpc) is 3.01. The summed E-state index contributed by atoms with van der Waals surface area (Å²) >= 11 is 0. The largest absolute Gasteiger partial charge is 0.465 e. The second-order valence-corrected chi connectivity index (χ2v) is 4.87. The lowest BCUT2D eigenvalue weighted by atomic mass is 10.2. The zero-order valence-corrected chi connectivity index (χ0v) is 12.5. The molecule has 0 saturated carbocycles. The first kappa shape index (κ1) is 15.4. The number of nitrogens with zero attached hydrogens (tertiary/aromatic N) is 2. The minimum Gasteiger partial charge on any atom is -0.465 e. The first-order valence-electron chi connectivity index (χ1n) is 6.78. The molecule has 24 heavy (non-hydrogen) atoms. The van der Waals surface area contributed by atoms with Crippen molar-refractivity contribution < 1.29 is 29.0 Å². The maximum absolute atomic E-state index is 11.1. The van der Waals surface area contributed by atoms with Crippen LogP contribution in [0.4, 0.5) is 16.2 Å². The van der Waals surface area contributed by atoms with Gasteiger partial charge in [0.15, 0.2) is 11.5 Å². The molecule has 1 N–H and O–H groups in total. The summed E-state index contributed by atoms with van der Waals surface area (Å²) in [7, 11) is 1.22. The number of anilines is 1. The summed E-state index contributed by atoms with van der Waals surface area (Å²) in [6.07, 6.45) is -1.32. The van der Waals surface area contributed by atoms with Gasteiger partial charge in [0.1, 0.15) is 17.2 Å². The van der Waals surface area contributed by atoms with E-state index < -0.39 is 11.0 Å². The van der Waals surface area contributed by atoms with Crippen molar-refractivity contribution in [3.8, 4) is 23.0 Å². The van der Waals surface area contributed by atoms with Crippen LogP contribution < -0.4 is 19.1 Å². The standard InChI is InChI=1S/C15H12N2O7/c1-16(15(18)19)12-6-9(2-4-11(12)17(20)21)24-10-3-5-13-14(7-10)23-8-22-13/h2-7H,8H2,1H3,(H,18,19). The molecule has 9 nitrogen and oxygen atoms in total. The SMILES string of the molecule is CN(C(=O)O)c1cc(Oc2ccc3c(c2)OCO3)ccc1[N+](=O)[O-]. The molecule has 0 radical (unpaired) electrons. The number of fused-ring (bicyclic) bond motifs is 1. The van der Waals surface area contributed by atoms with E-state index in [1.54, 1.807) is 18.2 Å². The van der Waals surface area contributed by atoms with E-state index in [-0.39, 0.29) is 23.9 Å². The lowest BCUT2D eigenvalue weighted by Gasteiger charge is -2.15. The molecule has 1 aliphatic heterocycles. The molecule has 0 unspecified atom stereocenters. The van der Waals surface area contributed by atoms with Gasteiger partial charge in [0.25, 0.3) is 5.69 Å². The summed E-state index contributed by atoms with van der Waals surface area (Å²) in [6.45, 7) is 0.129. The number of ether oxygens (including phenoxy) is 3. The van der Waals surface area contributed by atoms with Crippen molar-refractivity contribution in [3.63, 3.8) is 0 Å². The van der Waals surface area contributed by atoms with Gasteiger partial charge in [0.05, 0.1) is 4.92 Å². The van der Waals surface area contributed by atoms with Crippen molar-refractivity contribution in [3.05, 3.63) is 46.5 Å². The van der Waals surface area contributed by atoms with Crippen LogP contribution in [-0.4, -0.2) is 30.0 Å². The van der Waals surface area contributed by atoms with Gasteiger partial charge in [0.2, 0.25) is 6.79 Å². The molecule has 2 aromatic carbocycles. The molecule has 0 atom stereocenters. The van der Waals surface area contributed by atoms with Crippen LogP contribution in [0, 0.1) is 10.1 Å². The van der Waals surface area contributed by atoms with Crippen molar-refractivity contribution in [2.24, 2.45) is 0 Å². The molecule has 124 valence electrons. The zero-order chi connectivity index (χ0) is 17.3. The van der Waals surface area contributed by atoms with Crippen LogP contribution in [0.1, 0.15) is 0 Å². The number of hydrogen-bond acceptors (Lipinski definition) is 6. The van der Waals surface area contributed by atoms with Gasteiger partial charge in [-0.3, -0.25) is 15.0 Å². The second kappa shape index (κ2) is 5.95. The Labute approximate surface area is 135 Å². The summed E-state index contributed by atoms with van der Waals surface area (Å²) in [5.74, 6) is 1.80. The number of carbonyl (C=O) groups is 1. The number of rotatable bonds is 4. The highest BCUT2D eigenvalue weighted by molar-refractivity contribution is 5.89. The average molecular weight is 332 g/mol. The Morgan fingerprint density at radius 2 is 1.88 bits per heavy atom. The van der Waals surface area contributed by atoms with E-state index >= 15 is 0 Å². The smallest absolute Gasteiger partial charge is 0.411 e. The Hall–Kier alpha value is -3.49. The Morgan fingerprint density at radius 1 is 1.21 bits per heavy atom. The number of amides is 1. The Kier molecular flexibility index (Phi) is 3.82. The van der Waals surface area contributed by atoms with E-state index in [2.05, 4.69) is 0 Å². The molecule has 3 rings (SSSR count). The molecule has 2 aromatic rings. The molecule has 1 heterocycles. The highest BCUT2D eigenvalue weighted by Crippen LogP contribution is 2.38. The van der Waals surface area contributed by atoms with Crippen LogP contribution in [0.2, 0.25) is 0 Å². The van der Waals surface area contributed by atoms with Crippen LogP contribution in [0.3, 0.4) is 0 Å². The number of benzene rings is 2. The number of nitro groups is 1. The first-order valence-corrected chi connectivity index (χ1v) is 6.78. The van der Waals surface area contributed by atoms with E-state index in [0.717, 1.165) is 4.90 Å². The predicted molar refractivity (Wildman–Crippen MR) is 82.2 cm³/mol. The molecular weight excluding hydrogens is 320 g/mol. The lowest BCUT2D eigenvalue weighted by molar-refractivity contribution is -0.384. The van der Waals surface area contributed by atoms with E-state index in [1.165, 1.54) is 25.2 Å². The zero-order valence-electron chi connectivity index (χ0n) is 12.5. The summed E-state index contributed by atoms with van der Waals surface area (Å²) < 4.78 is 16.1. The third-order valence-electron chi connectivity index (χ3n) is 3.37. The predicted octanol–water partition coefficient (Wildman–Crippen LogP) is 3.23. The lowest BCUT2D eigenvalue weighted by Crippen LogP contribution is -2.24. The molecule has 0 saturated heterocycles. The Bertz CT molecular complexity index is 821. The molecule has 1 aliphatic rings. The minimum atomic E-state index is -1.32. The van der Waals surface area contributed by atoms with Gasteiger partial charge in [-0.2, -0.15) is 0 Å². The number of carboxylic acid groups (broad SMARTS) is 1. The van der Waals surface area contributed by atoms with Crippen molar-refractivity contribution in [1.82, 2.24) is 0 Å². The summed E-state index contributed by atoms with van der Waals surface area (Å²) in [5.41, 5.74) is -0.427. The fraction of sp³-hybridized carbons (Fsp3) is 0.133. The topological polar surface area (TPSA) is 111 Å². The van der Waals surface area contributed by atoms with Crippen LogP contribution in [0.25, 0.3) is 0 Å². The Morgan fingerprint density at radius 3 is 2.58 bits per heavy atom.